The number of hydrogen-bond acceptors (Lipinski definition) is 3. The molecule has 0 saturated carbocycles. The highest BCUT2D eigenvalue weighted by Gasteiger charge is 2.41. The van der Waals surface area contributed by atoms with E-state index in [9.17, 15) is 4.79 Å². The van der Waals surface area contributed by atoms with Gasteiger partial charge in [0.1, 0.15) is 11.4 Å². The molecule has 5 nitrogen and oxygen atoms in total. The van der Waals surface area contributed by atoms with Crippen molar-refractivity contribution in [2.24, 2.45) is 0 Å². The first-order valence-corrected chi connectivity index (χ1v) is 8.19. The van der Waals surface area contributed by atoms with Gasteiger partial charge in [-0.2, -0.15) is 5.10 Å². The van der Waals surface area contributed by atoms with Crippen molar-refractivity contribution >= 4 is 11.6 Å². The molecule has 0 fully saturated rings. The molecule has 25 heavy (non-hydrogen) atoms. The van der Waals surface area contributed by atoms with Crippen molar-refractivity contribution in [2.75, 3.05) is 12.0 Å². The molecule has 1 aromatic heterocycles. The molecule has 3 aromatic rings. The molecule has 1 atom stereocenters. The molecule has 0 radical (unpaired) electrons. The van der Waals surface area contributed by atoms with E-state index >= 15 is 0 Å². The molecule has 2 aromatic carbocycles. The minimum absolute atomic E-state index is 0.0636. The third-order valence-corrected chi connectivity index (χ3v) is 4.70. The van der Waals surface area contributed by atoms with Gasteiger partial charge in [-0.05, 0) is 43.7 Å². The largest absolute Gasteiger partial charge is 0.497 e. The molecule has 126 valence electrons. The number of nitrogens with one attached hydrogen (secondary N) is 1. The van der Waals surface area contributed by atoms with E-state index in [1.54, 1.807) is 7.11 Å². The van der Waals surface area contributed by atoms with Crippen LogP contribution in [0.4, 0.5) is 5.69 Å². The first-order valence-electron chi connectivity index (χ1n) is 8.19. The Labute approximate surface area is 146 Å². The number of methoxy groups -OCH3 is 1. The van der Waals surface area contributed by atoms with Crippen LogP contribution in [0.3, 0.4) is 0 Å². The van der Waals surface area contributed by atoms with Gasteiger partial charge in [0.05, 0.1) is 18.8 Å². The molecular formula is C20H19N3O2. The predicted octanol–water partition coefficient (Wildman–Crippen LogP) is 3.78. The Balaban J connectivity index is 1.86. The van der Waals surface area contributed by atoms with Crippen molar-refractivity contribution in [2.45, 2.75) is 19.9 Å². The summed E-state index contributed by atoms with van der Waals surface area (Å²) in [6.07, 6.45) is 0. The number of rotatable bonds is 3. The SMILES string of the molecule is COc1ccc(N2C(=O)c3[nH]nc(C)c3C2c2ccc(C)cc2)cc1. The highest BCUT2D eigenvalue weighted by Crippen LogP contribution is 2.42. The maximum absolute atomic E-state index is 13.0. The normalized spacial score (nSPS) is 16.2. The second-order valence-electron chi connectivity index (χ2n) is 6.28. The molecule has 1 unspecified atom stereocenters. The van der Waals surface area contributed by atoms with Crippen molar-refractivity contribution in [3.05, 3.63) is 76.6 Å². The number of benzene rings is 2. The Bertz CT molecular complexity index is 927. The molecule has 1 N–H and O–H groups in total. The van der Waals surface area contributed by atoms with Gasteiger partial charge < -0.3 is 4.74 Å². The lowest BCUT2D eigenvalue weighted by Crippen LogP contribution is -2.29. The number of aromatic amines is 1. The number of aromatic nitrogens is 2. The van der Waals surface area contributed by atoms with Gasteiger partial charge >= 0.3 is 0 Å². The molecule has 1 aliphatic heterocycles. The number of aryl methyl sites for hydroxylation is 2. The number of carbonyl (C=O) groups excluding carboxylic acids is 1. The molecular weight excluding hydrogens is 314 g/mol. The van der Waals surface area contributed by atoms with E-state index in [1.807, 2.05) is 36.1 Å². The molecule has 0 spiro atoms. The number of fused-ring (bicyclic) bond motifs is 1. The van der Waals surface area contributed by atoms with Crippen LogP contribution in [0.2, 0.25) is 0 Å². The number of amides is 1. The highest BCUT2D eigenvalue weighted by molar-refractivity contribution is 6.10. The Morgan fingerprint density at radius 3 is 2.36 bits per heavy atom. The van der Waals surface area contributed by atoms with E-state index in [1.165, 1.54) is 5.56 Å². The molecule has 1 aliphatic rings. The summed E-state index contributed by atoms with van der Waals surface area (Å²) in [5, 5.41) is 7.15. The molecule has 5 heteroatoms. The van der Waals surface area contributed by atoms with Crippen molar-refractivity contribution in [3.63, 3.8) is 0 Å². The average molecular weight is 333 g/mol. The van der Waals surface area contributed by atoms with Crippen molar-refractivity contribution in [1.29, 1.82) is 0 Å². The van der Waals surface area contributed by atoms with E-state index in [-0.39, 0.29) is 11.9 Å². The minimum atomic E-state index is -0.185. The van der Waals surface area contributed by atoms with E-state index < -0.39 is 0 Å². The number of ether oxygens (including phenoxy) is 1. The van der Waals surface area contributed by atoms with Crippen LogP contribution in [-0.2, 0) is 0 Å². The summed E-state index contributed by atoms with van der Waals surface area (Å²) in [5.41, 5.74) is 5.46. The summed E-state index contributed by atoms with van der Waals surface area (Å²) >= 11 is 0. The van der Waals surface area contributed by atoms with Crippen LogP contribution in [0.5, 0.6) is 5.75 Å². The Morgan fingerprint density at radius 1 is 1.04 bits per heavy atom. The van der Waals surface area contributed by atoms with Crippen molar-refractivity contribution < 1.29 is 9.53 Å². The summed E-state index contributed by atoms with van der Waals surface area (Å²) < 4.78 is 5.23. The molecule has 0 bridgehead atoms. The number of carbonyl (C=O) groups is 1. The summed E-state index contributed by atoms with van der Waals surface area (Å²) in [6.45, 7) is 3.99. The Kier molecular flexibility index (Phi) is 3.57. The second kappa shape index (κ2) is 5.77. The number of anilines is 1. The topological polar surface area (TPSA) is 58.2 Å². The van der Waals surface area contributed by atoms with Crippen molar-refractivity contribution in [3.8, 4) is 5.75 Å². The molecule has 0 saturated heterocycles. The van der Waals surface area contributed by atoms with Gasteiger partial charge in [0.25, 0.3) is 5.91 Å². The van der Waals surface area contributed by atoms with Gasteiger partial charge in [-0.15, -0.1) is 0 Å². The van der Waals surface area contributed by atoms with Gasteiger partial charge in [-0.1, -0.05) is 29.8 Å². The fourth-order valence-corrected chi connectivity index (χ4v) is 3.38. The fourth-order valence-electron chi connectivity index (χ4n) is 3.38. The van der Waals surface area contributed by atoms with Crippen molar-refractivity contribution in [1.82, 2.24) is 10.2 Å². The molecule has 0 aliphatic carbocycles. The van der Waals surface area contributed by atoms with E-state index in [0.717, 1.165) is 28.3 Å². The Hall–Kier alpha value is -3.08. The van der Waals surface area contributed by atoms with Crippen LogP contribution in [-0.4, -0.2) is 23.2 Å². The van der Waals surface area contributed by atoms with E-state index in [2.05, 4.69) is 41.4 Å². The molecule has 4 rings (SSSR count). The number of nitrogens with zero attached hydrogens (tertiary/aromatic N) is 2. The predicted molar refractivity (Wildman–Crippen MR) is 96.2 cm³/mol. The number of H-pyrrole nitrogens is 1. The van der Waals surface area contributed by atoms with E-state index in [0.29, 0.717) is 5.69 Å². The smallest absolute Gasteiger partial charge is 0.277 e. The molecule has 2 heterocycles. The zero-order valence-corrected chi connectivity index (χ0v) is 14.4. The second-order valence-corrected chi connectivity index (χ2v) is 6.28. The van der Waals surface area contributed by atoms with Gasteiger partial charge in [0.2, 0.25) is 0 Å². The van der Waals surface area contributed by atoms with Crippen LogP contribution in [0.25, 0.3) is 0 Å². The lowest BCUT2D eigenvalue weighted by atomic mass is 9.98. The Morgan fingerprint density at radius 2 is 1.72 bits per heavy atom. The highest BCUT2D eigenvalue weighted by atomic mass is 16.5. The first kappa shape index (κ1) is 15.4. The fraction of sp³-hybridized carbons (Fsp3) is 0.200. The molecule has 1 amide bonds. The maximum Gasteiger partial charge on any atom is 0.277 e. The van der Waals surface area contributed by atoms with Crippen LogP contribution in [0.1, 0.15) is 38.9 Å². The van der Waals surface area contributed by atoms with Gasteiger partial charge in [-0.25, -0.2) is 0 Å². The summed E-state index contributed by atoms with van der Waals surface area (Å²) in [7, 11) is 1.63. The first-order chi connectivity index (χ1) is 12.1. The monoisotopic (exact) mass is 333 g/mol. The third kappa shape index (κ3) is 2.39. The average Bonchev–Trinajstić information content (AvgIpc) is 3.15. The maximum atomic E-state index is 13.0. The van der Waals surface area contributed by atoms with Crippen LogP contribution >= 0.6 is 0 Å². The van der Waals surface area contributed by atoms with Crippen LogP contribution in [0, 0.1) is 13.8 Å². The minimum Gasteiger partial charge on any atom is -0.497 e. The standard InChI is InChI=1S/C20H19N3O2/c1-12-4-6-14(7-5-12)19-17-13(2)21-22-18(17)20(24)23(19)15-8-10-16(25-3)11-9-15/h4-11,19H,1-3H3,(H,21,22). The van der Waals surface area contributed by atoms with Gasteiger partial charge in [0.15, 0.2) is 0 Å². The summed E-state index contributed by atoms with van der Waals surface area (Å²) in [6, 6.07) is 15.7. The summed E-state index contributed by atoms with van der Waals surface area (Å²) in [5.74, 6) is 0.699. The third-order valence-electron chi connectivity index (χ3n) is 4.70. The van der Waals surface area contributed by atoms with Crippen LogP contribution in [0.15, 0.2) is 48.5 Å². The quantitative estimate of drug-likeness (QED) is 0.793. The van der Waals surface area contributed by atoms with Gasteiger partial charge in [0, 0.05) is 11.3 Å². The lowest BCUT2D eigenvalue weighted by Gasteiger charge is -2.26. The lowest BCUT2D eigenvalue weighted by molar-refractivity contribution is 0.0988. The van der Waals surface area contributed by atoms with E-state index in [4.69, 9.17) is 4.74 Å². The number of hydrogen-bond donors (Lipinski definition) is 1. The van der Waals surface area contributed by atoms with Gasteiger partial charge in [-0.3, -0.25) is 14.8 Å². The summed E-state index contributed by atoms with van der Waals surface area (Å²) in [4.78, 5) is 14.9. The zero-order chi connectivity index (χ0) is 17.6. The zero-order valence-electron chi connectivity index (χ0n) is 14.4. The van der Waals surface area contributed by atoms with Crippen LogP contribution < -0.4 is 9.64 Å².